The van der Waals surface area contributed by atoms with Crippen molar-refractivity contribution in [1.82, 2.24) is 5.32 Å². The third kappa shape index (κ3) is 5.59. The summed E-state index contributed by atoms with van der Waals surface area (Å²) >= 11 is 0. The van der Waals surface area contributed by atoms with Gasteiger partial charge in [0.25, 0.3) is 0 Å². The van der Waals surface area contributed by atoms with Crippen LogP contribution in [0.25, 0.3) is 10.8 Å². The molecule has 5 nitrogen and oxygen atoms in total. The SMILES string of the molecule is C[C@@H](NCCC1CN(c2cc(CCC(=O)O)ccc2F)c2ccccc2O1)c1cccc2ccccc12. The van der Waals surface area contributed by atoms with Crippen LogP contribution in [0.3, 0.4) is 0 Å². The van der Waals surface area contributed by atoms with E-state index in [0.717, 1.165) is 30.0 Å². The van der Waals surface area contributed by atoms with E-state index in [4.69, 9.17) is 9.84 Å². The predicted molar refractivity (Wildman–Crippen MR) is 145 cm³/mol. The maximum Gasteiger partial charge on any atom is 0.303 e. The number of para-hydroxylation sites is 2. The van der Waals surface area contributed by atoms with Crippen LogP contribution in [0.2, 0.25) is 0 Å². The standard InChI is InChI=1S/C31H31FN2O3/c1-21(25-10-6-8-23-7-2-3-9-26(23)25)33-18-17-24-20-34(28-11-4-5-12-30(28)37-24)29-19-22(13-15-27(29)32)14-16-31(35)36/h2-13,15,19,21,24,33H,14,16-18,20H2,1H3,(H,35,36)/t21-,24?/m1/s1. The van der Waals surface area contributed by atoms with Gasteiger partial charge in [-0.15, -0.1) is 0 Å². The number of anilines is 2. The summed E-state index contributed by atoms with van der Waals surface area (Å²) in [7, 11) is 0. The molecule has 5 rings (SSSR count). The van der Waals surface area contributed by atoms with Gasteiger partial charge >= 0.3 is 5.97 Å². The lowest BCUT2D eigenvalue weighted by molar-refractivity contribution is -0.136. The Morgan fingerprint density at radius 2 is 1.84 bits per heavy atom. The number of aliphatic carboxylic acids is 1. The number of halogens is 1. The molecule has 0 amide bonds. The number of aryl methyl sites for hydroxylation is 1. The summed E-state index contributed by atoms with van der Waals surface area (Å²) in [6, 6.07) is 27.5. The van der Waals surface area contributed by atoms with Crippen LogP contribution in [-0.2, 0) is 11.2 Å². The van der Waals surface area contributed by atoms with E-state index in [1.807, 2.05) is 29.2 Å². The lowest BCUT2D eigenvalue weighted by Gasteiger charge is -2.37. The van der Waals surface area contributed by atoms with Gasteiger partial charge < -0.3 is 20.1 Å². The Kier molecular flexibility index (Phi) is 7.37. The van der Waals surface area contributed by atoms with Crippen molar-refractivity contribution in [1.29, 1.82) is 0 Å². The first-order valence-corrected chi connectivity index (χ1v) is 12.7. The normalized spacial score (nSPS) is 15.7. The van der Waals surface area contributed by atoms with Gasteiger partial charge in [0, 0.05) is 12.5 Å². The van der Waals surface area contributed by atoms with E-state index < -0.39 is 5.97 Å². The van der Waals surface area contributed by atoms with Gasteiger partial charge in [0.05, 0.1) is 17.9 Å². The van der Waals surface area contributed by atoms with Gasteiger partial charge in [-0.2, -0.15) is 0 Å². The van der Waals surface area contributed by atoms with Crippen LogP contribution >= 0.6 is 0 Å². The van der Waals surface area contributed by atoms with Crippen molar-refractivity contribution in [2.45, 2.75) is 38.3 Å². The summed E-state index contributed by atoms with van der Waals surface area (Å²) in [5.74, 6) is -0.485. The second-order valence-electron chi connectivity index (χ2n) is 9.53. The fourth-order valence-corrected chi connectivity index (χ4v) is 5.05. The summed E-state index contributed by atoms with van der Waals surface area (Å²) in [6.45, 7) is 3.41. The maximum absolute atomic E-state index is 15.0. The summed E-state index contributed by atoms with van der Waals surface area (Å²) < 4.78 is 21.3. The van der Waals surface area contributed by atoms with Crippen LogP contribution in [0, 0.1) is 5.82 Å². The largest absolute Gasteiger partial charge is 0.486 e. The number of hydrogen-bond acceptors (Lipinski definition) is 4. The number of carboxylic acid groups (broad SMARTS) is 1. The molecule has 2 atom stereocenters. The Labute approximate surface area is 216 Å². The number of rotatable bonds is 9. The molecule has 4 aromatic rings. The molecular formula is C31H31FN2O3. The molecule has 4 aromatic carbocycles. The van der Waals surface area contributed by atoms with Gasteiger partial charge in [0.1, 0.15) is 17.7 Å². The number of hydrogen-bond donors (Lipinski definition) is 2. The Balaban J connectivity index is 1.31. The van der Waals surface area contributed by atoms with Crippen molar-refractivity contribution in [2.75, 3.05) is 18.0 Å². The molecule has 0 radical (unpaired) electrons. The Hall–Kier alpha value is -3.90. The molecule has 0 bridgehead atoms. The molecule has 0 fully saturated rings. The van der Waals surface area contributed by atoms with Gasteiger partial charge in [0.2, 0.25) is 0 Å². The zero-order valence-corrected chi connectivity index (χ0v) is 20.9. The molecule has 2 N–H and O–H groups in total. The first-order chi connectivity index (χ1) is 18.0. The zero-order valence-electron chi connectivity index (χ0n) is 20.9. The van der Waals surface area contributed by atoms with Crippen LogP contribution < -0.4 is 15.0 Å². The predicted octanol–water partition coefficient (Wildman–Crippen LogP) is 6.64. The molecule has 0 aromatic heterocycles. The summed E-state index contributed by atoms with van der Waals surface area (Å²) in [4.78, 5) is 13.0. The molecule has 1 heterocycles. The second kappa shape index (κ2) is 11.0. The molecule has 37 heavy (non-hydrogen) atoms. The number of carboxylic acids is 1. The Bertz CT molecular complexity index is 1400. The van der Waals surface area contributed by atoms with E-state index in [1.54, 1.807) is 12.1 Å². The smallest absolute Gasteiger partial charge is 0.303 e. The highest BCUT2D eigenvalue weighted by atomic mass is 19.1. The van der Waals surface area contributed by atoms with E-state index in [9.17, 15) is 4.79 Å². The fourth-order valence-electron chi connectivity index (χ4n) is 5.05. The van der Waals surface area contributed by atoms with Gasteiger partial charge in [-0.1, -0.05) is 60.7 Å². The Morgan fingerprint density at radius 3 is 2.70 bits per heavy atom. The van der Waals surface area contributed by atoms with Crippen molar-refractivity contribution < 1.29 is 19.0 Å². The number of benzene rings is 4. The molecule has 1 aliphatic heterocycles. The monoisotopic (exact) mass is 498 g/mol. The minimum atomic E-state index is -0.868. The summed E-state index contributed by atoms with van der Waals surface area (Å²) in [5.41, 5.74) is 3.31. The molecule has 0 spiro atoms. The number of nitrogens with zero attached hydrogens (tertiary/aromatic N) is 1. The van der Waals surface area contributed by atoms with E-state index in [1.165, 1.54) is 22.4 Å². The third-order valence-corrected chi connectivity index (χ3v) is 6.97. The maximum atomic E-state index is 15.0. The van der Waals surface area contributed by atoms with Crippen molar-refractivity contribution >= 4 is 28.1 Å². The van der Waals surface area contributed by atoms with Crippen LogP contribution in [0.1, 0.15) is 36.9 Å². The number of ether oxygens (including phenoxy) is 1. The van der Waals surface area contributed by atoms with Crippen LogP contribution in [0.4, 0.5) is 15.8 Å². The molecule has 0 aliphatic carbocycles. The van der Waals surface area contributed by atoms with E-state index >= 15 is 4.39 Å². The highest BCUT2D eigenvalue weighted by Crippen LogP contribution is 2.40. The van der Waals surface area contributed by atoms with Gasteiger partial charge in [-0.25, -0.2) is 4.39 Å². The van der Waals surface area contributed by atoms with Crippen molar-refractivity contribution in [3.63, 3.8) is 0 Å². The van der Waals surface area contributed by atoms with Crippen molar-refractivity contribution in [2.24, 2.45) is 0 Å². The average Bonchev–Trinajstić information content (AvgIpc) is 2.91. The minimum absolute atomic E-state index is 0.00789. The third-order valence-electron chi connectivity index (χ3n) is 6.97. The summed E-state index contributed by atoms with van der Waals surface area (Å²) in [5, 5.41) is 15.2. The number of fused-ring (bicyclic) bond motifs is 2. The van der Waals surface area contributed by atoms with Gasteiger partial charge in [-0.3, -0.25) is 4.79 Å². The minimum Gasteiger partial charge on any atom is -0.486 e. The van der Waals surface area contributed by atoms with E-state index in [0.29, 0.717) is 18.7 Å². The summed E-state index contributed by atoms with van der Waals surface area (Å²) in [6.07, 6.45) is 0.978. The number of carbonyl (C=O) groups is 1. The first-order valence-electron chi connectivity index (χ1n) is 12.7. The van der Waals surface area contributed by atoms with Crippen LogP contribution in [-0.4, -0.2) is 30.3 Å². The first kappa shape index (κ1) is 24.8. The topological polar surface area (TPSA) is 61.8 Å². The molecule has 0 saturated heterocycles. The van der Waals surface area contributed by atoms with Crippen LogP contribution in [0.15, 0.2) is 84.9 Å². The van der Waals surface area contributed by atoms with Crippen LogP contribution in [0.5, 0.6) is 5.75 Å². The zero-order chi connectivity index (χ0) is 25.8. The quantitative estimate of drug-likeness (QED) is 0.271. The second-order valence-corrected chi connectivity index (χ2v) is 9.53. The highest BCUT2D eigenvalue weighted by Gasteiger charge is 2.28. The molecular weight excluding hydrogens is 467 g/mol. The van der Waals surface area contributed by atoms with Gasteiger partial charge in [0.15, 0.2) is 0 Å². The van der Waals surface area contributed by atoms with Gasteiger partial charge in [-0.05, 0) is 72.5 Å². The van der Waals surface area contributed by atoms with E-state index in [-0.39, 0.29) is 24.4 Å². The molecule has 190 valence electrons. The number of nitrogens with one attached hydrogen (secondary N) is 1. The Morgan fingerprint density at radius 1 is 1.05 bits per heavy atom. The van der Waals surface area contributed by atoms with E-state index in [2.05, 4.69) is 54.7 Å². The molecule has 0 saturated carbocycles. The lowest BCUT2D eigenvalue weighted by atomic mass is 9.99. The molecule has 6 heteroatoms. The highest BCUT2D eigenvalue weighted by molar-refractivity contribution is 5.86. The fraction of sp³-hybridized carbons (Fsp3) is 0.258. The molecule has 1 aliphatic rings. The van der Waals surface area contributed by atoms with Crippen molar-refractivity contribution in [3.05, 3.63) is 102 Å². The average molecular weight is 499 g/mol. The lowest BCUT2D eigenvalue weighted by Crippen LogP contribution is -2.39. The van der Waals surface area contributed by atoms with Crippen molar-refractivity contribution in [3.8, 4) is 5.75 Å². The molecule has 1 unspecified atom stereocenters.